The van der Waals surface area contributed by atoms with Gasteiger partial charge in [-0.2, -0.15) is 0 Å². The molecule has 0 spiro atoms. The number of para-hydroxylation sites is 1. The van der Waals surface area contributed by atoms with Crippen LogP contribution in [0.3, 0.4) is 0 Å². The first-order chi connectivity index (χ1) is 5.22. The molecule has 1 aromatic carbocycles. The molecule has 0 atom stereocenters. The molecule has 2 nitrogen and oxygen atoms in total. The third-order valence-corrected chi connectivity index (χ3v) is 1.37. The molecule has 1 rings (SSSR count). The average Bonchev–Trinajstić information content (AvgIpc) is 2.05. The van der Waals surface area contributed by atoms with E-state index in [2.05, 4.69) is 0 Å². The van der Waals surface area contributed by atoms with Crippen LogP contribution in [0, 0.1) is 7.05 Å². The highest BCUT2D eigenvalue weighted by molar-refractivity contribution is 5.91. The molecule has 0 aliphatic carbocycles. The van der Waals surface area contributed by atoms with Gasteiger partial charge in [0.25, 0.3) is 0 Å². The lowest BCUT2D eigenvalue weighted by molar-refractivity contribution is -0.116. The van der Waals surface area contributed by atoms with Crippen LogP contribution in [0.4, 0.5) is 5.69 Å². The Balaban J connectivity index is 2.85. The molecule has 11 heavy (non-hydrogen) atoms. The molecular formula is C9H9NO. The molecule has 1 amide bonds. The van der Waals surface area contributed by atoms with E-state index in [1.807, 2.05) is 18.2 Å². The fourth-order valence-electron chi connectivity index (χ4n) is 0.770. The highest BCUT2D eigenvalue weighted by atomic mass is 16.2. The van der Waals surface area contributed by atoms with Crippen LogP contribution < -0.4 is 4.90 Å². The average molecular weight is 147 g/mol. The summed E-state index contributed by atoms with van der Waals surface area (Å²) in [5.41, 5.74) is 0.708. The second kappa shape index (κ2) is 3.19. The molecular weight excluding hydrogens is 138 g/mol. The van der Waals surface area contributed by atoms with Crippen LogP contribution in [0.25, 0.3) is 0 Å². The van der Waals surface area contributed by atoms with Gasteiger partial charge in [0.05, 0.1) is 7.05 Å². The van der Waals surface area contributed by atoms with E-state index >= 15 is 0 Å². The third-order valence-electron chi connectivity index (χ3n) is 1.37. The first-order valence-corrected chi connectivity index (χ1v) is 3.32. The van der Waals surface area contributed by atoms with Crippen LogP contribution in [0.15, 0.2) is 30.3 Å². The van der Waals surface area contributed by atoms with Gasteiger partial charge < -0.3 is 4.90 Å². The van der Waals surface area contributed by atoms with E-state index < -0.39 is 0 Å². The summed E-state index contributed by atoms with van der Waals surface area (Å²) in [7, 11) is 5.42. The summed E-state index contributed by atoms with van der Waals surface area (Å²) in [6, 6.07) is 9.09. The van der Waals surface area contributed by atoms with E-state index in [1.165, 1.54) is 6.92 Å². The van der Waals surface area contributed by atoms with E-state index in [4.69, 9.17) is 7.05 Å². The lowest BCUT2D eigenvalue weighted by Crippen LogP contribution is -2.19. The summed E-state index contributed by atoms with van der Waals surface area (Å²) in [6.07, 6.45) is 0. The number of carbonyl (C=O) groups excluding carboxylic acids is 1. The van der Waals surface area contributed by atoms with Crippen molar-refractivity contribution >= 4 is 11.6 Å². The molecule has 0 bridgehead atoms. The second-order valence-corrected chi connectivity index (χ2v) is 2.22. The van der Waals surface area contributed by atoms with Crippen LogP contribution in [0.2, 0.25) is 0 Å². The van der Waals surface area contributed by atoms with Crippen molar-refractivity contribution in [3.8, 4) is 0 Å². The largest absolute Gasteiger partial charge is 0.305 e. The van der Waals surface area contributed by atoms with Crippen molar-refractivity contribution in [1.29, 1.82) is 0 Å². The van der Waals surface area contributed by atoms with Crippen molar-refractivity contribution in [3.63, 3.8) is 0 Å². The predicted molar refractivity (Wildman–Crippen MR) is 43.9 cm³/mol. The zero-order valence-corrected chi connectivity index (χ0v) is 6.32. The molecule has 1 aromatic rings. The molecule has 0 saturated carbocycles. The zero-order valence-electron chi connectivity index (χ0n) is 6.32. The third kappa shape index (κ3) is 1.80. The zero-order chi connectivity index (χ0) is 8.27. The summed E-state index contributed by atoms with van der Waals surface area (Å²) in [5, 5.41) is 0. The van der Waals surface area contributed by atoms with Crippen LogP contribution in [-0.2, 0) is 4.79 Å². The quantitative estimate of drug-likeness (QED) is 0.554. The van der Waals surface area contributed by atoms with Gasteiger partial charge in [0.1, 0.15) is 0 Å². The Bertz CT molecular complexity index is 243. The van der Waals surface area contributed by atoms with Gasteiger partial charge in [-0.15, -0.1) is 0 Å². The summed E-state index contributed by atoms with van der Waals surface area (Å²) >= 11 is 0. The molecule has 0 heterocycles. The summed E-state index contributed by atoms with van der Waals surface area (Å²) in [5.74, 6) is -0.170. The number of rotatable bonds is 1. The number of benzene rings is 1. The Morgan fingerprint density at radius 2 is 1.91 bits per heavy atom. The molecule has 0 unspecified atom stereocenters. The minimum absolute atomic E-state index is 0.170. The minimum Gasteiger partial charge on any atom is -0.305 e. The monoisotopic (exact) mass is 147 g/mol. The number of hydrogen-bond donors (Lipinski definition) is 0. The highest BCUT2D eigenvalue weighted by Crippen LogP contribution is 2.11. The van der Waals surface area contributed by atoms with Gasteiger partial charge in [-0.3, -0.25) is 4.79 Å². The van der Waals surface area contributed by atoms with Gasteiger partial charge in [-0.1, -0.05) is 18.2 Å². The van der Waals surface area contributed by atoms with Crippen LogP contribution in [0.1, 0.15) is 6.92 Å². The highest BCUT2D eigenvalue weighted by Gasteiger charge is 2.02. The Hall–Kier alpha value is -1.31. The van der Waals surface area contributed by atoms with Crippen molar-refractivity contribution in [3.05, 3.63) is 37.4 Å². The van der Waals surface area contributed by atoms with Gasteiger partial charge >= 0.3 is 0 Å². The van der Waals surface area contributed by atoms with Crippen LogP contribution in [0.5, 0.6) is 0 Å². The summed E-state index contributed by atoms with van der Waals surface area (Å²) in [6.45, 7) is 1.42. The summed E-state index contributed by atoms with van der Waals surface area (Å²) in [4.78, 5) is 11.9. The maximum absolute atomic E-state index is 10.7. The molecule has 56 valence electrons. The van der Waals surface area contributed by atoms with Gasteiger partial charge in [0.2, 0.25) is 5.91 Å². The topological polar surface area (TPSA) is 20.3 Å². The lowest BCUT2D eigenvalue weighted by Gasteiger charge is -2.12. The van der Waals surface area contributed by atoms with Crippen molar-refractivity contribution in [2.45, 2.75) is 6.92 Å². The van der Waals surface area contributed by atoms with Crippen molar-refractivity contribution < 1.29 is 4.79 Å². The molecule has 0 saturated heterocycles. The van der Waals surface area contributed by atoms with E-state index in [0.717, 1.165) is 4.90 Å². The minimum atomic E-state index is -0.170. The van der Waals surface area contributed by atoms with E-state index in [1.54, 1.807) is 12.1 Å². The second-order valence-electron chi connectivity index (χ2n) is 2.22. The molecule has 2 heteroatoms. The lowest BCUT2D eigenvalue weighted by atomic mass is 10.3. The number of amides is 1. The van der Waals surface area contributed by atoms with E-state index in [0.29, 0.717) is 5.69 Å². The Kier molecular flexibility index (Phi) is 2.26. The number of nitrogens with zero attached hydrogens (tertiary/aromatic N) is 1. The molecule has 0 fully saturated rings. The molecule has 2 radical (unpaired) electrons. The van der Waals surface area contributed by atoms with Crippen LogP contribution >= 0.6 is 0 Å². The van der Waals surface area contributed by atoms with Gasteiger partial charge in [0.15, 0.2) is 0 Å². The van der Waals surface area contributed by atoms with Crippen molar-refractivity contribution in [2.24, 2.45) is 0 Å². The maximum atomic E-state index is 10.7. The predicted octanol–water partition coefficient (Wildman–Crippen LogP) is 1.71. The number of anilines is 1. The molecule has 0 aliphatic heterocycles. The first-order valence-electron chi connectivity index (χ1n) is 3.32. The summed E-state index contributed by atoms with van der Waals surface area (Å²) < 4.78 is 0. The van der Waals surface area contributed by atoms with Gasteiger partial charge in [0, 0.05) is 12.6 Å². The SMILES string of the molecule is [CH]N(C(C)=O)c1ccccc1. The normalized spacial score (nSPS) is 9.27. The number of hydrogen-bond acceptors (Lipinski definition) is 1. The fraction of sp³-hybridized carbons (Fsp3) is 0.111. The smallest absolute Gasteiger partial charge is 0.224 e. The van der Waals surface area contributed by atoms with Gasteiger partial charge in [-0.25, -0.2) is 0 Å². The Labute approximate surface area is 66.4 Å². The van der Waals surface area contributed by atoms with Crippen molar-refractivity contribution in [2.75, 3.05) is 4.90 Å². The Morgan fingerprint density at radius 1 is 1.36 bits per heavy atom. The molecule has 0 aliphatic rings. The number of carbonyl (C=O) groups is 1. The van der Waals surface area contributed by atoms with E-state index in [9.17, 15) is 4.79 Å². The standard InChI is InChI=1S/C9H9NO/c1-8(11)10(2)9-6-4-3-5-7-9/h2-7H,1H3. The van der Waals surface area contributed by atoms with Crippen molar-refractivity contribution in [1.82, 2.24) is 0 Å². The molecule has 0 aromatic heterocycles. The Morgan fingerprint density at radius 3 is 2.36 bits per heavy atom. The molecule has 0 N–H and O–H groups in total. The van der Waals surface area contributed by atoms with Crippen LogP contribution in [-0.4, -0.2) is 5.91 Å². The van der Waals surface area contributed by atoms with E-state index in [-0.39, 0.29) is 5.91 Å². The van der Waals surface area contributed by atoms with Gasteiger partial charge in [-0.05, 0) is 12.1 Å². The first kappa shape index (κ1) is 7.79. The fourth-order valence-corrected chi connectivity index (χ4v) is 0.770. The maximum Gasteiger partial charge on any atom is 0.224 e.